The molecule has 9 heteroatoms. The lowest BCUT2D eigenvalue weighted by Gasteiger charge is -2.36. The molecule has 1 heterocycles. The number of phenolic OH excluding ortho intramolecular Hbond substituents is 1. The zero-order chi connectivity index (χ0) is 21.0. The SMILES string of the molecule is CC(NC(=O)N1CCN(c2ccc(Cl)c(Cl)c2)CC1)C(=O)Nc1cccc(O)c1. The minimum atomic E-state index is -0.724. The maximum Gasteiger partial charge on any atom is 0.318 e. The molecule has 1 atom stereocenters. The van der Waals surface area contributed by atoms with Gasteiger partial charge in [-0.15, -0.1) is 0 Å². The van der Waals surface area contributed by atoms with Gasteiger partial charge in [-0.3, -0.25) is 4.79 Å². The lowest BCUT2D eigenvalue weighted by Crippen LogP contribution is -2.54. The van der Waals surface area contributed by atoms with E-state index >= 15 is 0 Å². The molecule has 1 fully saturated rings. The highest BCUT2D eigenvalue weighted by molar-refractivity contribution is 6.42. The zero-order valence-electron chi connectivity index (χ0n) is 15.9. The van der Waals surface area contributed by atoms with Crippen LogP contribution in [-0.4, -0.2) is 54.2 Å². The van der Waals surface area contributed by atoms with E-state index in [1.165, 1.54) is 12.1 Å². The quantitative estimate of drug-likeness (QED) is 0.683. The molecule has 2 aromatic rings. The molecule has 2 aromatic carbocycles. The average molecular weight is 437 g/mol. The summed E-state index contributed by atoms with van der Waals surface area (Å²) < 4.78 is 0. The van der Waals surface area contributed by atoms with E-state index in [1.54, 1.807) is 30.0 Å². The van der Waals surface area contributed by atoms with Crippen molar-refractivity contribution in [2.24, 2.45) is 0 Å². The molecule has 0 saturated carbocycles. The fourth-order valence-corrected chi connectivity index (χ4v) is 3.32. The molecule has 3 rings (SSSR count). The highest BCUT2D eigenvalue weighted by Gasteiger charge is 2.24. The molecule has 1 saturated heterocycles. The van der Waals surface area contributed by atoms with Crippen molar-refractivity contribution in [3.8, 4) is 5.75 Å². The van der Waals surface area contributed by atoms with Crippen LogP contribution in [0.5, 0.6) is 5.75 Å². The Bertz CT molecular complexity index is 901. The summed E-state index contributed by atoms with van der Waals surface area (Å²) in [5, 5.41) is 15.8. The molecule has 1 aliphatic heterocycles. The van der Waals surface area contributed by atoms with Crippen molar-refractivity contribution in [1.82, 2.24) is 10.2 Å². The minimum absolute atomic E-state index is 0.0549. The van der Waals surface area contributed by atoms with Gasteiger partial charge in [0.05, 0.1) is 10.0 Å². The number of amides is 3. The fourth-order valence-electron chi connectivity index (χ4n) is 3.03. The molecule has 154 valence electrons. The second-order valence-corrected chi connectivity index (χ2v) is 7.60. The molecule has 3 amide bonds. The van der Waals surface area contributed by atoms with Gasteiger partial charge in [0.25, 0.3) is 0 Å². The average Bonchev–Trinajstić information content (AvgIpc) is 2.70. The summed E-state index contributed by atoms with van der Waals surface area (Å²) >= 11 is 12.0. The van der Waals surface area contributed by atoms with E-state index in [-0.39, 0.29) is 17.7 Å². The van der Waals surface area contributed by atoms with Gasteiger partial charge in [-0.1, -0.05) is 29.3 Å². The van der Waals surface area contributed by atoms with Crippen LogP contribution in [0.2, 0.25) is 10.0 Å². The van der Waals surface area contributed by atoms with Crippen molar-refractivity contribution in [3.63, 3.8) is 0 Å². The number of nitrogens with one attached hydrogen (secondary N) is 2. The number of rotatable bonds is 4. The van der Waals surface area contributed by atoms with Crippen LogP contribution in [0.3, 0.4) is 0 Å². The van der Waals surface area contributed by atoms with Gasteiger partial charge in [0, 0.05) is 43.6 Å². The first-order valence-corrected chi connectivity index (χ1v) is 9.94. The van der Waals surface area contributed by atoms with E-state index in [0.717, 1.165) is 5.69 Å². The number of piperazine rings is 1. The number of phenols is 1. The van der Waals surface area contributed by atoms with Crippen LogP contribution in [0, 0.1) is 0 Å². The van der Waals surface area contributed by atoms with Crippen molar-refractivity contribution in [1.29, 1.82) is 0 Å². The Labute approximate surface area is 179 Å². The molecule has 0 bridgehead atoms. The van der Waals surface area contributed by atoms with Crippen molar-refractivity contribution in [3.05, 3.63) is 52.5 Å². The lowest BCUT2D eigenvalue weighted by atomic mass is 10.2. The predicted molar refractivity (Wildman–Crippen MR) is 115 cm³/mol. The van der Waals surface area contributed by atoms with Crippen molar-refractivity contribution in [2.75, 3.05) is 36.4 Å². The van der Waals surface area contributed by atoms with Crippen molar-refractivity contribution >= 4 is 46.5 Å². The Hall–Kier alpha value is -2.64. The number of benzene rings is 2. The first-order chi connectivity index (χ1) is 13.8. The van der Waals surface area contributed by atoms with Gasteiger partial charge in [-0.2, -0.15) is 0 Å². The van der Waals surface area contributed by atoms with Crippen molar-refractivity contribution < 1.29 is 14.7 Å². The largest absolute Gasteiger partial charge is 0.508 e. The Morgan fingerprint density at radius 2 is 1.76 bits per heavy atom. The van der Waals surface area contributed by atoms with Crippen LogP contribution in [-0.2, 0) is 4.79 Å². The number of carbonyl (C=O) groups is 2. The van der Waals surface area contributed by atoms with Gasteiger partial charge in [-0.25, -0.2) is 4.79 Å². The molecule has 0 aliphatic carbocycles. The Balaban J connectivity index is 1.49. The highest BCUT2D eigenvalue weighted by atomic mass is 35.5. The Morgan fingerprint density at radius 3 is 2.41 bits per heavy atom. The Morgan fingerprint density at radius 1 is 1.03 bits per heavy atom. The summed E-state index contributed by atoms with van der Waals surface area (Å²) in [5.41, 5.74) is 1.42. The van der Waals surface area contributed by atoms with Gasteiger partial charge in [-0.05, 0) is 37.3 Å². The number of aromatic hydroxyl groups is 1. The third-order valence-electron chi connectivity index (χ3n) is 4.68. The van der Waals surface area contributed by atoms with E-state index in [2.05, 4.69) is 15.5 Å². The van der Waals surface area contributed by atoms with E-state index in [1.807, 2.05) is 12.1 Å². The van der Waals surface area contributed by atoms with Gasteiger partial charge in [0.15, 0.2) is 0 Å². The fraction of sp³-hybridized carbons (Fsp3) is 0.300. The smallest absolute Gasteiger partial charge is 0.318 e. The van der Waals surface area contributed by atoms with Crippen LogP contribution < -0.4 is 15.5 Å². The summed E-state index contributed by atoms with van der Waals surface area (Å²) in [7, 11) is 0. The molecule has 3 N–H and O–H groups in total. The van der Waals surface area contributed by atoms with Crippen LogP contribution in [0.25, 0.3) is 0 Å². The third kappa shape index (κ3) is 5.46. The third-order valence-corrected chi connectivity index (χ3v) is 5.42. The summed E-state index contributed by atoms with van der Waals surface area (Å²) in [6, 6.07) is 10.7. The van der Waals surface area contributed by atoms with Crippen LogP contribution in [0.1, 0.15) is 6.92 Å². The minimum Gasteiger partial charge on any atom is -0.508 e. The molecule has 0 aromatic heterocycles. The molecule has 1 aliphatic rings. The molecular formula is C20H22Cl2N4O3. The van der Waals surface area contributed by atoms with Crippen LogP contribution >= 0.6 is 23.2 Å². The summed E-state index contributed by atoms with van der Waals surface area (Å²) in [5.74, 6) is -0.308. The molecule has 1 unspecified atom stereocenters. The second kappa shape index (κ2) is 9.24. The summed E-state index contributed by atoms with van der Waals surface area (Å²) in [6.07, 6.45) is 0. The number of urea groups is 1. The maximum atomic E-state index is 12.5. The molecular weight excluding hydrogens is 415 g/mol. The molecule has 0 spiro atoms. The summed E-state index contributed by atoms with van der Waals surface area (Å²) in [4.78, 5) is 28.6. The van der Waals surface area contributed by atoms with E-state index in [9.17, 15) is 14.7 Å². The van der Waals surface area contributed by atoms with Gasteiger partial charge < -0.3 is 25.5 Å². The number of carbonyl (C=O) groups excluding carboxylic acids is 2. The molecule has 29 heavy (non-hydrogen) atoms. The lowest BCUT2D eigenvalue weighted by molar-refractivity contribution is -0.117. The topological polar surface area (TPSA) is 84.9 Å². The number of nitrogens with zero attached hydrogens (tertiary/aromatic N) is 2. The van der Waals surface area contributed by atoms with Crippen molar-refractivity contribution in [2.45, 2.75) is 13.0 Å². The first-order valence-electron chi connectivity index (χ1n) is 9.19. The monoisotopic (exact) mass is 436 g/mol. The van der Waals surface area contributed by atoms with E-state index in [4.69, 9.17) is 23.2 Å². The Kier molecular flexibility index (Phi) is 6.71. The highest BCUT2D eigenvalue weighted by Crippen LogP contribution is 2.27. The van der Waals surface area contributed by atoms with Gasteiger partial charge in [0.2, 0.25) is 5.91 Å². The van der Waals surface area contributed by atoms with E-state index in [0.29, 0.717) is 41.9 Å². The first kappa shape index (κ1) is 21.1. The maximum absolute atomic E-state index is 12.5. The molecule has 7 nitrogen and oxygen atoms in total. The predicted octanol–water partition coefficient (Wildman–Crippen LogP) is 3.56. The number of halogens is 2. The normalized spacial score (nSPS) is 15.0. The van der Waals surface area contributed by atoms with Crippen LogP contribution in [0.4, 0.5) is 16.2 Å². The van der Waals surface area contributed by atoms with Crippen LogP contribution in [0.15, 0.2) is 42.5 Å². The summed E-state index contributed by atoms with van der Waals surface area (Å²) in [6.45, 7) is 3.95. The zero-order valence-corrected chi connectivity index (χ0v) is 17.4. The number of anilines is 2. The number of hydrogen-bond donors (Lipinski definition) is 3. The van der Waals surface area contributed by atoms with Gasteiger partial charge in [0.1, 0.15) is 11.8 Å². The van der Waals surface area contributed by atoms with E-state index < -0.39 is 6.04 Å². The van der Waals surface area contributed by atoms with Gasteiger partial charge >= 0.3 is 6.03 Å². The number of hydrogen-bond acceptors (Lipinski definition) is 4. The second-order valence-electron chi connectivity index (χ2n) is 6.78. The standard InChI is InChI=1S/C20H22Cl2N4O3/c1-13(19(28)24-14-3-2-4-16(27)11-14)23-20(29)26-9-7-25(8-10-26)15-5-6-17(21)18(22)12-15/h2-6,11-13,27H,7-10H2,1H3,(H,23,29)(H,24,28). The molecule has 0 radical (unpaired) electrons.